The van der Waals surface area contributed by atoms with E-state index in [4.69, 9.17) is 15.2 Å². The highest BCUT2D eigenvalue weighted by molar-refractivity contribution is 5.93. The number of methoxy groups -OCH3 is 1. The lowest BCUT2D eigenvalue weighted by Crippen LogP contribution is -2.18. The minimum Gasteiger partial charge on any atom is -0.507 e. The van der Waals surface area contributed by atoms with Crippen LogP contribution in [0.25, 0.3) is 39.0 Å². The van der Waals surface area contributed by atoms with Crippen molar-refractivity contribution in [3.05, 3.63) is 48.9 Å². The summed E-state index contributed by atoms with van der Waals surface area (Å²) in [7, 11) is 1.55. The number of ether oxygens (including phenoxy) is 2. The van der Waals surface area contributed by atoms with E-state index in [1.54, 1.807) is 37.6 Å². The fraction of sp³-hybridized carbons (Fsp3) is 0.0500. The van der Waals surface area contributed by atoms with Gasteiger partial charge in [0.25, 0.3) is 0 Å². The molecule has 0 bridgehead atoms. The van der Waals surface area contributed by atoms with Gasteiger partial charge >= 0.3 is 12.1 Å². The van der Waals surface area contributed by atoms with Crippen LogP contribution in [0, 0.1) is 0 Å². The predicted molar refractivity (Wildman–Crippen MR) is 110 cm³/mol. The number of rotatable bonds is 4. The molecule has 0 spiro atoms. The third-order valence-corrected chi connectivity index (χ3v) is 4.77. The molecule has 3 aromatic heterocycles. The molecule has 31 heavy (non-hydrogen) atoms. The molecule has 0 saturated carbocycles. The summed E-state index contributed by atoms with van der Waals surface area (Å²) in [4.78, 5) is 23.0. The fourth-order valence-corrected chi connectivity index (χ4v) is 3.46. The van der Waals surface area contributed by atoms with E-state index < -0.39 is 6.09 Å². The Morgan fingerprint density at radius 3 is 2.87 bits per heavy atom. The zero-order chi connectivity index (χ0) is 21.5. The number of aromatic amines is 1. The van der Waals surface area contributed by atoms with E-state index >= 15 is 0 Å². The summed E-state index contributed by atoms with van der Waals surface area (Å²) in [6.07, 6.45) is 2.10. The van der Waals surface area contributed by atoms with Crippen molar-refractivity contribution in [2.75, 3.05) is 7.11 Å². The minimum atomic E-state index is -1.05. The van der Waals surface area contributed by atoms with Crippen LogP contribution < -0.4 is 15.2 Å². The van der Waals surface area contributed by atoms with Gasteiger partial charge in [0.05, 0.1) is 35.7 Å². The Kier molecular flexibility index (Phi) is 4.14. The lowest BCUT2D eigenvalue weighted by Gasteiger charge is -2.14. The first-order valence-corrected chi connectivity index (χ1v) is 9.08. The van der Waals surface area contributed by atoms with Crippen LogP contribution in [0.1, 0.15) is 0 Å². The largest absolute Gasteiger partial charge is 0.507 e. The van der Waals surface area contributed by atoms with Crippen molar-refractivity contribution < 1.29 is 19.4 Å². The number of hydrogen-bond donors (Lipinski definition) is 3. The monoisotopic (exact) mass is 417 g/mol. The van der Waals surface area contributed by atoms with Gasteiger partial charge in [-0.25, -0.2) is 14.3 Å². The van der Waals surface area contributed by atoms with Crippen molar-refractivity contribution in [2.24, 2.45) is 5.73 Å². The van der Waals surface area contributed by atoms with Gasteiger partial charge in [0.1, 0.15) is 17.0 Å². The van der Waals surface area contributed by atoms with E-state index in [9.17, 15) is 9.90 Å². The van der Waals surface area contributed by atoms with Crippen LogP contribution in [0.3, 0.4) is 0 Å². The number of pyridine rings is 1. The Bertz CT molecular complexity index is 1460. The second kappa shape index (κ2) is 6.99. The first-order valence-electron chi connectivity index (χ1n) is 9.08. The number of H-pyrrole nitrogens is 1. The summed E-state index contributed by atoms with van der Waals surface area (Å²) < 4.78 is 12.0. The lowest BCUT2D eigenvalue weighted by molar-refractivity contribution is 0.206. The number of nitrogens with two attached hydrogens (primary N) is 1. The summed E-state index contributed by atoms with van der Waals surface area (Å²) >= 11 is 0. The van der Waals surface area contributed by atoms with E-state index in [0.29, 0.717) is 38.9 Å². The average molecular weight is 417 g/mol. The van der Waals surface area contributed by atoms with Crippen LogP contribution in [-0.2, 0) is 0 Å². The number of primary amides is 1. The second-order valence-electron chi connectivity index (χ2n) is 6.54. The van der Waals surface area contributed by atoms with Crippen LogP contribution >= 0.6 is 0 Å². The van der Waals surface area contributed by atoms with Gasteiger partial charge in [-0.05, 0) is 30.3 Å². The highest BCUT2D eigenvalue weighted by atomic mass is 16.6. The molecule has 5 rings (SSSR count). The molecule has 3 heterocycles. The maximum atomic E-state index is 11.5. The molecule has 0 fully saturated rings. The first kappa shape index (κ1) is 18.4. The van der Waals surface area contributed by atoms with Gasteiger partial charge in [-0.3, -0.25) is 4.98 Å². The van der Waals surface area contributed by atoms with Crippen LogP contribution in [0.5, 0.6) is 17.5 Å². The molecule has 0 aliphatic heterocycles. The van der Waals surface area contributed by atoms with Crippen LogP contribution in [0.2, 0.25) is 0 Å². The van der Waals surface area contributed by atoms with Gasteiger partial charge in [-0.2, -0.15) is 0 Å². The summed E-state index contributed by atoms with van der Waals surface area (Å²) in [6, 6.07) is 10.1. The van der Waals surface area contributed by atoms with Crippen molar-refractivity contribution in [2.45, 2.75) is 0 Å². The van der Waals surface area contributed by atoms with Crippen molar-refractivity contribution in [1.29, 1.82) is 0 Å². The number of amides is 1. The molecule has 0 atom stereocenters. The third kappa shape index (κ3) is 2.95. The minimum absolute atomic E-state index is 0.0630. The van der Waals surface area contributed by atoms with Gasteiger partial charge in [-0.1, -0.05) is 5.10 Å². The number of phenols is 1. The number of aromatic hydroxyl groups is 1. The molecular formula is C20H15N7O4. The number of aromatic nitrogens is 6. The van der Waals surface area contributed by atoms with E-state index in [-0.39, 0.29) is 17.6 Å². The predicted octanol–water partition coefficient (Wildman–Crippen LogP) is 2.53. The molecule has 0 radical (unpaired) electrons. The highest BCUT2D eigenvalue weighted by Crippen LogP contribution is 2.37. The molecule has 2 aromatic carbocycles. The van der Waals surface area contributed by atoms with Gasteiger partial charge in [0.2, 0.25) is 0 Å². The number of phenolic OH excluding ortho intramolecular Hbond substituents is 1. The molecular weight excluding hydrogens is 402 g/mol. The number of imidazole rings is 1. The van der Waals surface area contributed by atoms with Gasteiger partial charge in [0, 0.05) is 17.6 Å². The SMILES string of the molecule is COc1ccc(-n2c(OC(N)=O)nnc2-c2cc3nc[nH]c3cc2O)c2cccnc12. The Hall–Kier alpha value is -4.67. The molecule has 1 amide bonds. The molecule has 0 saturated heterocycles. The van der Waals surface area contributed by atoms with Gasteiger partial charge in [-0.15, -0.1) is 5.10 Å². The van der Waals surface area contributed by atoms with Crippen molar-refractivity contribution in [1.82, 2.24) is 29.7 Å². The van der Waals surface area contributed by atoms with E-state index in [2.05, 4.69) is 25.1 Å². The lowest BCUT2D eigenvalue weighted by atomic mass is 10.1. The summed E-state index contributed by atoms with van der Waals surface area (Å²) in [5.41, 5.74) is 7.95. The summed E-state index contributed by atoms with van der Waals surface area (Å²) in [5, 5.41) is 19.4. The maximum absolute atomic E-state index is 11.5. The normalized spacial score (nSPS) is 11.1. The summed E-state index contributed by atoms with van der Waals surface area (Å²) in [6.45, 7) is 0. The van der Waals surface area contributed by atoms with Gasteiger partial charge < -0.3 is 25.3 Å². The zero-order valence-electron chi connectivity index (χ0n) is 16.1. The Labute approximate surface area is 174 Å². The van der Waals surface area contributed by atoms with Crippen molar-refractivity contribution in [3.63, 3.8) is 0 Å². The molecule has 4 N–H and O–H groups in total. The average Bonchev–Trinajstić information content (AvgIpc) is 3.38. The molecule has 0 unspecified atom stereocenters. The number of nitrogens with zero attached hydrogens (tertiary/aromatic N) is 5. The van der Waals surface area contributed by atoms with Crippen LogP contribution in [0.4, 0.5) is 4.79 Å². The number of benzene rings is 2. The van der Waals surface area contributed by atoms with Crippen LogP contribution in [-0.4, -0.2) is 48.0 Å². The number of carbonyl (C=O) groups is 1. The molecule has 154 valence electrons. The number of carbonyl (C=O) groups excluding carboxylic acids is 1. The molecule has 11 nitrogen and oxygen atoms in total. The van der Waals surface area contributed by atoms with E-state index in [1.165, 1.54) is 17.0 Å². The van der Waals surface area contributed by atoms with Crippen molar-refractivity contribution in [3.8, 4) is 34.6 Å². The molecule has 0 aliphatic rings. The molecule has 5 aromatic rings. The van der Waals surface area contributed by atoms with Crippen molar-refractivity contribution >= 4 is 28.0 Å². The topological polar surface area (TPSA) is 154 Å². The fourth-order valence-electron chi connectivity index (χ4n) is 3.46. The smallest absolute Gasteiger partial charge is 0.412 e. The number of nitrogens with one attached hydrogen (secondary N) is 1. The Balaban J connectivity index is 1.82. The Morgan fingerprint density at radius 2 is 2.06 bits per heavy atom. The third-order valence-electron chi connectivity index (χ3n) is 4.77. The zero-order valence-corrected chi connectivity index (χ0v) is 16.1. The maximum Gasteiger partial charge on any atom is 0.412 e. The standard InChI is InChI=1S/C20H15N7O4/c1-30-16-5-4-14(10-3-2-6-22-17(10)16)27-18(25-26-20(27)31-19(21)29)11-7-12-13(8-15(11)28)24-9-23-12/h2-9,28H,1H3,(H2,21,29)(H,23,24). The molecule has 0 aliphatic carbocycles. The van der Waals surface area contributed by atoms with E-state index in [0.717, 1.165) is 0 Å². The quantitative estimate of drug-likeness (QED) is 0.403. The number of hydrogen-bond acceptors (Lipinski definition) is 8. The second-order valence-corrected chi connectivity index (χ2v) is 6.54. The van der Waals surface area contributed by atoms with Gasteiger partial charge in [0.15, 0.2) is 5.82 Å². The first-order chi connectivity index (χ1) is 15.1. The summed E-state index contributed by atoms with van der Waals surface area (Å²) in [5.74, 6) is 0.716. The van der Waals surface area contributed by atoms with Crippen LogP contribution in [0.15, 0.2) is 48.9 Å². The Morgan fingerprint density at radius 1 is 1.19 bits per heavy atom. The van der Waals surface area contributed by atoms with E-state index in [1.807, 2.05) is 6.07 Å². The number of fused-ring (bicyclic) bond motifs is 2. The molecule has 11 heteroatoms. The highest BCUT2D eigenvalue weighted by Gasteiger charge is 2.23.